The maximum absolute atomic E-state index is 3.72. The Hall–Kier alpha value is -0.120. The molecule has 3 rings (SSSR count). The van der Waals surface area contributed by atoms with E-state index in [0.29, 0.717) is 0 Å². The second-order valence-electron chi connectivity index (χ2n) is 7.23. The maximum atomic E-state index is 3.72. The number of hydrogen-bond acceptors (Lipinski definition) is 3. The quantitative estimate of drug-likeness (QED) is 0.771. The molecular formula is C17H33N3. The molecule has 116 valence electrons. The average Bonchev–Trinajstić information content (AvgIpc) is 3.17. The van der Waals surface area contributed by atoms with Crippen LogP contribution < -0.4 is 5.32 Å². The van der Waals surface area contributed by atoms with Gasteiger partial charge in [-0.05, 0) is 77.0 Å². The van der Waals surface area contributed by atoms with E-state index in [2.05, 4.69) is 22.0 Å². The van der Waals surface area contributed by atoms with Crippen molar-refractivity contribution >= 4 is 0 Å². The molecule has 0 spiro atoms. The highest BCUT2D eigenvalue weighted by Crippen LogP contribution is 2.23. The number of piperidine rings is 1. The second kappa shape index (κ2) is 7.24. The van der Waals surface area contributed by atoms with Gasteiger partial charge in [0, 0.05) is 25.2 Å². The molecule has 3 nitrogen and oxygen atoms in total. The Bertz CT molecular complexity index is 276. The molecule has 0 aromatic rings. The van der Waals surface area contributed by atoms with Gasteiger partial charge >= 0.3 is 0 Å². The molecule has 0 amide bonds. The highest BCUT2D eigenvalue weighted by molar-refractivity contribution is 4.86. The number of nitrogens with zero attached hydrogens (tertiary/aromatic N) is 2. The van der Waals surface area contributed by atoms with Crippen molar-refractivity contribution < 1.29 is 0 Å². The minimum atomic E-state index is 0.781. The number of hydrogen-bond donors (Lipinski definition) is 1. The summed E-state index contributed by atoms with van der Waals surface area (Å²) in [7, 11) is 0. The smallest absolute Gasteiger partial charge is 0.0218 e. The summed E-state index contributed by atoms with van der Waals surface area (Å²) in [6.07, 6.45) is 9.85. The zero-order valence-electron chi connectivity index (χ0n) is 13.3. The lowest BCUT2D eigenvalue weighted by Gasteiger charge is -2.38. The summed E-state index contributed by atoms with van der Waals surface area (Å²) >= 11 is 0. The van der Waals surface area contributed by atoms with E-state index in [1.165, 1.54) is 84.2 Å². The van der Waals surface area contributed by atoms with Gasteiger partial charge in [0.1, 0.15) is 0 Å². The maximum Gasteiger partial charge on any atom is 0.0218 e. The molecule has 3 aliphatic rings. The standard InChI is InChI=1S/C17H33N3/c1-2-17(13-18-16-5-6-16)20-11-7-15(8-12-20)14-19-9-3-4-10-19/h15-18H,2-14H2,1H3. The van der Waals surface area contributed by atoms with Crippen LogP contribution in [0.5, 0.6) is 0 Å². The fraction of sp³-hybridized carbons (Fsp3) is 1.00. The number of nitrogens with one attached hydrogen (secondary N) is 1. The van der Waals surface area contributed by atoms with E-state index in [0.717, 1.165) is 18.0 Å². The Kier molecular flexibility index (Phi) is 5.36. The summed E-state index contributed by atoms with van der Waals surface area (Å²) in [6, 6.07) is 1.64. The van der Waals surface area contributed by atoms with Crippen molar-refractivity contribution in [3.63, 3.8) is 0 Å². The Morgan fingerprint density at radius 1 is 1.00 bits per heavy atom. The molecule has 1 aliphatic carbocycles. The van der Waals surface area contributed by atoms with Crippen LogP contribution in [0.1, 0.15) is 51.9 Å². The molecule has 2 saturated heterocycles. The summed E-state index contributed by atoms with van der Waals surface area (Å²) in [6.45, 7) is 10.4. The third-order valence-electron chi connectivity index (χ3n) is 5.57. The van der Waals surface area contributed by atoms with E-state index < -0.39 is 0 Å². The Morgan fingerprint density at radius 2 is 1.70 bits per heavy atom. The summed E-state index contributed by atoms with van der Waals surface area (Å²) in [5, 5.41) is 3.72. The molecule has 0 aromatic carbocycles. The van der Waals surface area contributed by atoms with Crippen LogP contribution in [0.3, 0.4) is 0 Å². The molecule has 2 heterocycles. The van der Waals surface area contributed by atoms with Crippen LogP contribution in [-0.4, -0.2) is 61.2 Å². The Morgan fingerprint density at radius 3 is 2.30 bits per heavy atom. The second-order valence-corrected chi connectivity index (χ2v) is 7.23. The molecule has 1 N–H and O–H groups in total. The fourth-order valence-electron chi connectivity index (χ4n) is 3.95. The average molecular weight is 279 g/mol. The van der Waals surface area contributed by atoms with E-state index in [9.17, 15) is 0 Å². The van der Waals surface area contributed by atoms with Gasteiger partial charge in [0.25, 0.3) is 0 Å². The van der Waals surface area contributed by atoms with Crippen molar-refractivity contribution in [3.05, 3.63) is 0 Å². The topological polar surface area (TPSA) is 18.5 Å². The van der Waals surface area contributed by atoms with Crippen LogP contribution in [0.4, 0.5) is 0 Å². The van der Waals surface area contributed by atoms with Crippen LogP contribution >= 0.6 is 0 Å². The molecule has 0 radical (unpaired) electrons. The lowest BCUT2D eigenvalue weighted by atomic mass is 9.94. The molecule has 20 heavy (non-hydrogen) atoms. The van der Waals surface area contributed by atoms with Crippen LogP contribution in [0.15, 0.2) is 0 Å². The molecular weight excluding hydrogens is 246 g/mol. The van der Waals surface area contributed by atoms with E-state index >= 15 is 0 Å². The third-order valence-corrected chi connectivity index (χ3v) is 5.57. The summed E-state index contributed by atoms with van der Waals surface area (Å²) in [5.41, 5.74) is 0. The lowest BCUT2D eigenvalue weighted by Crippen LogP contribution is -2.47. The third kappa shape index (κ3) is 4.19. The molecule has 1 saturated carbocycles. The van der Waals surface area contributed by atoms with Crippen molar-refractivity contribution in [3.8, 4) is 0 Å². The van der Waals surface area contributed by atoms with Crippen molar-refractivity contribution in [2.24, 2.45) is 5.92 Å². The van der Waals surface area contributed by atoms with Crippen LogP contribution in [0.25, 0.3) is 0 Å². The van der Waals surface area contributed by atoms with Crippen LogP contribution in [0.2, 0.25) is 0 Å². The van der Waals surface area contributed by atoms with Gasteiger partial charge in [-0.3, -0.25) is 4.90 Å². The van der Waals surface area contributed by atoms with Gasteiger partial charge in [-0.15, -0.1) is 0 Å². The van der Waals surface area contributed by atoms with E-state index in [1.807, 2.05) is 0 Å². The molecule has 1 atom stereocenters. The largest absolute Gasteiger partial charge is 0.312 e. The zero-order valence-corrected chi connectivity index (χ0v) is 13.3. The summed E-state index contributed by atoms with van der Waals surface area (Å²) in [5.74, 6) is 0.971. The number of rotatable bonds is 7. The summed E-state index contributed by atoms with van der Waals surface area (Å²) in [4.78, 5) is 5.46. The molecule has 0 aromatic heterocycles. The normalized spacial score (nSPS) is 28.1. The molecule has 3 fully saturated rings. The minimum absolute atomic E-state index is 0.781. The van der Waals surface area contributed by atoms with Gasteiger partial charge in [0.15, 0.2) is 0 Å². The van der Waals surface area contributed by atoms with E-state index in [-0.39, 0.29) is 0 Å². The Labute approximate surface area is 125 Å². The lowest BCUT2D eigenvalue weighted by molar-refractivity contribution is 0.111. The molecule has 1 unspecified atom stereocenters. The van der Waals surface area contributed by atoms with Gasteiger partial charge in [0.2, 0.25) is 0 Å². The fourth-order valence-corrected chi connectivity index (χ4v) is 3.95. The van der Waals surface area contributed by atoms with E-state index in [1.54, 1.807) is 0 Å². The first-order valence-electron chi connectivity index (χ1n) is 9.05. The van der Waals surface area contributed by atoms with Crippen molar-refractivity contribution in [1.29, 1.82) is 0 Å². The van der Waals surface area contributed by atoms with Crippen molar-refractivity contribution in [2.45, 2.75) is 64.0 Å². The van der Waals surface area contributed by atoms with Crippen molar-refractivity contribution in [1.82, 2.24) is 15.1 Å². The first-order valence-corrected chi connectivity index (χ1v) is 9.05. The first-order chi connectivity index (χ1) is 9.85. The summed E-state index contributed by atoms with van der Waals surface area (Å²) < 4.78 is 0. The van der Waals surface area contributed by atoms with E-state index in [4.69, 9.17) is 0 Å². The van der Waals surface area contributed by atoms with Crippen molar-refractivity contribution in [2.75, 3.05) is 39.3 Å². The molecule has 0 bridgehead atoms. The van der Waals surface area contributed by atoms with Gasteiger partial charge < -0.3 is 10.2 Å². The van der Waals surface area contributed by atoms with Gasteiger partial charge in [-0.25, -0.2) is 0 Å². The molecule has 2 aliphatic heterocycles. The SMILES string of the molecule is CCC(CNC1CC1)N1CCC(CN2CCCC2)CC1. The minimum Gasteiger partial charge on any atom is -0.312 e. The predicted molar refractivity (Wildman–Crippen MR) is 85.1 cm³/mol. The van der Waals surface area contributed by atoms with Crippen LogP contribution in [0, 0.1) is 5.92 Å². The molecule has 3 heteroatoms. The highest BCUT2D eigenvalue weighted by atomic mass is 15.2. The predicted octanol–water partition coefficient (Wildman–Crippen LogP) is 2.32. The van der Waals surface area contributed by atoms with Crippen LogP contribution in [-0.2, 0) is 0 Å². The Balaban J connectivity index is 1.37. The monoisotopic (exact) mass is 279 g/mol. The van der Waals surface area contributed by atoms with Gasteiger partial charge in [-0.1, -0.05) is 6.92 Å². The highest BCUT2D eigenvalue weighted by Gasteiger charge is 2.27. The first kappa shape index (κ1) is 14.8. The van der Waals surface area contributed by atoms with Gasteiger partial charge in [0.05, 0.1) is 0 Å². The zero-order chi connectivity index (χ0) is 13.8. The van der Waals surface area contributed by atoms with Gasteiger partial charge in [-0.2, -0.15) is 0 Å². The number of likely N-dealkylation sites (tertiary alicyclic amines) is 2.